The summed E-state index contributed by atoms with van der Waals surface area (Å²) >= 11 is 10.2. The second-order valence-corrected chi connectivity index (χ2v) is 25.1. The van der Waals surface area contributed by atoms with Crippen LogP contribution in [0.1, 0.15) is 6.92 Å². The maximum absolute atomic E-state index is 8.83. The van der Waals surface area contributed by atoms with Gasteiger partial charge in [-0.15, -0.1) is 0 Å². The molecule has 0 aliphatic rings. The van der Waals surface area contributed by atoms with E-state index in [1.807, 2.05) is 0 Å². The van der Waals surface area contributed by atoms with Crippen molar-refractivity contribution in [2.24, 2.45) is 0 Å². The molecule has 0 saturated carbocycles. The molecule has 0 aliphatic carbocycles. The highest BCUT2D eigenvalue weighted by molar-refractivity contribution is 9.72. The summed E-state index contributed by atoms with van der Waals surface area (Å²) in [6, 6.07) is 0.771. The van der Waals surface area contributed by atoms with Crippen LogP contribution in [0.5, 0.6) is 0 Å². The molecule has 1 atom stereocenters. The van der Waals surface area contributed by atoms with Gasteiger partial charge in [0.1, 0.15) is 0 Å². The molecule has 0 heterocycles. The number of aliphatic hydroxyl groups excluding tert-OH is 1. The van der Waals surface area contributed by atoms with Crippen molar-refractivity contribution in [3.05, 3.63) is 0 Å². The van der Waals surface area contributed by atoms with E-state index in [-0.39, 0.29) is 6.10 Å². The summed E-state index contributed by atoms with van der Waals surface area (Å²) in [4.78, 5) is 0. The average Bonchev–Trinajstić information content (AvgIpc) is 1.21. The normalized spacial score (nSPS) is 16.1. The van der Waals surface area contributed by atoms with E-state index in [9.17, 15) is 0 Å². The van der Waals surface area contributed by atoms with Gasteiger partial charge in [-0.1, -0.05) is 45.9 Å². The molecule has 0 aromatic heterocycles. The third-order valence-corrected chi connectivity index (χ3v) is 4.49. The number of rotatable bonds is 2. The van der Waals surface area contributed by atoms with E-state index < -0.39 is 3.93 Å². The van der Waals surface area contributed by atoms with Crippen molar-refractivity contribution < 1.29 is 5.11 Å². The van der Waals surface area contributed by atoms with Gasteiger partial charge in [0.2, 0.25) is 0 Å². The lowest BCUT2D eigenvalue weighted by Crippen LogP contribution is -2.14. The fourth-order valence-electron chi connectivity index (χ4n) is 0.335. The van der Waals surface area contributed by atoms with Crippen LogP contribution in [0, 0.1) is 0 Å². The fourth-order valence-corrected chi connectivity index (χ4v) is 5.22. The Balaban J connectivity index is 3.39. The van der Waals surface area contributed by atoms with E-state index in [2.05, 4.69) is 45.9 Å². The van der Waals surface area contributed by atoms with Gasteiger partial charge in [0.15, 0.2) is 0 Å². The Morgan fingerprint density at radius 2 is 1.88 bits per heavy atom. The van der Waals surface area contributed by atoms with Gasteiger partial charge in [-0.05, 0) is 13.0 Å². The zero-order chi connectivity index (χ0) is 6.78. The minimum atomic E-state index is -1.53. The summed E-state index contributed by atoms with van der Waals surface area (Å²) < 4.78 is -1.53. The molecule has 0 amide bonds. The third-order valence-electron chi connectivity index (χ3n) is 0.527. The van der Waals surface area contributed by atoms with Crippen LogP contribution < -0.4 is 0 Å². The Morgan fingerprint density at radius 3 is 1.88 bits per heavy atom. The van der Waals surface area contributed by atoms with Crippen molar-refractivity contribution in [3.8, 4) is 0 Å². The monoisotopic (exact) mass is 324 g/mol. The smallest absolute Gasteiger partial charge is 0.269 e. The van der Waals surface area contributed by atoms with Crippen LogP contribution in [0.3, 0.4) is 0 Å². The molecular weight excluding hydrogens is 320 g/mol. The predicted molar refractivity (Wildman–Crippen MR) is 49.0 cm³/mol. The minimum Gasteiger partial charge on any atom is -0.394 e. The van der Waals surface area contributed by atoms with Gasteiger partial charge in [-0.2, -0.15) is 0 Å². The van der Waals surface area contributed by atoms with E-state index >= 15 is 0 Å². The van der Waals surface area contributed by atoms with Crippen molar-refractivity contribution in [1.29, 1.82) is 0 Å². The van der Waals surface area contributed by atoms with Gasteiger partial charge in [0.05, 0.1) is 6.10 Å². The molecule has 0 aromatic carbocycles. The predicted octanol–water partition coefficient (Wildman–Crippen LogP) is 2.49. The van der Waals surface area contributed by atoms with E-state index in [1.165, 1.54) is 0 Å². The highest BCUT2D eigenvalue weighted by atomic mass is 80.0. The van der Waals surface area contributed by atoms with Crippen molar-refractivity contribution >= 4 is 49.8 Å². The quantitative estimate of drug-likeness (QED) is 0.610. The van der Waals surface area contributed by atoms with Gasteiger partial charge in [0, 0.05) is 0 Å². The van der Waals surface area contributed by atoms with Crippen molar-refractivity contribution in [2.75, 3.05) is 0 Å². The topological polar surface area (TPSA) is 20.2 Å². The Hall–Kier alpha value is 1.62. The van der Waals surface area contributed by atoms with Crippen molar-refractivity contribution in [2.45, 2.75) is 19.1 Å². The lowest BCUT2D eigenvalue weighted by molar-refractivity contribution is 0.215. The molecule has 1 unspecified atom stereocenters. The number of hydrogen-bond donors (Lipinski definition) is 1. The molecule has 0 fully saturated rings. The van der Waals surface area contributed by atoms with Crippen LogP contribution in [-0.4, -0.2) is 15.1 Å². The zero-order valence-electron chi connectivity index (χ0n) is 4.37. The molecule has 0 aliphatic heterocycles. The van der Waals surface area contributed by atoms with Crippen LogP contribution >= 0.6 is 45.9 Å². The fraction of sp³-hybridized carbons (Fsp3) is 1.00. The summed E-state index contributed by atoms with van der Waals surface area (Å²) in [5.74, 6) is 0. The van der Waals surface area contributed by atoms with Crippen LogP contribution in [0.15, 0.2) is 0 Å². The Bertz CT molecular complexity index is 69.4. The largest absolute Gasteiger partial charge is 0.394 e. The first-order valence-corrected chi connectivity index (χ1v) is 11.1. The first kappa shape index (κ1) is 9.62. The Morgan fingerprint density at radius 1 is 1.50 bits per heavy atom. The summed E-state index contributed by atoms with van der Waals surface area (Å²) in [6.07, 6.45) is -0.236. The maximum Gasteiger partial charge on any atom is 0.269 e. The molecular formula is C3H7Br3OSi. The Labute approximate surface area is 73.6 Å². The average molecular weight is 327 g/mol. The lowest BCUT2D eigenvalue weighted by Gasteiger charge is -2.09. The second-order valence-electron chi connectivity index (χ2n) is 1.67. The molecule has 0 radical (unpaired) electrons. The highest BCUT2D eigenvalue weighted by Crippen LogP contribution is 2.32. The molecule has 1 N–H and O–H groups in total. The van der Waals surface area contributed by atoms with Crippen molar-refractivity contribution in [3.63, 3.8) is 0 Å². The number of aliphatic hydroxyl groups is 1. The van der Waals surface area contributed by atoms with E-state index in [1.54, 1.807) is 6.92 Å². The van der Waals surface area contributed by atoms with Crippen LogP contribution in [-0.2, 0) is 0 Å². The van der Waals surface area contributed by atoms with Crippen LogP contribution in [0.25, 0.3) is 0 Å². The number of hydrogen-bond acceptors (Lipinski definition) is 1. The molecule has 5 heteroatoms. The van der Waals surface area contributed by atoms with Gasteiger partial charge >= 0.3 is 0 Å². The first-order chi connectivity index (χ1) is 3.42. The van der Waals surface area contributed by atoms with Gasteiger partial charge in [0.25, 0.3) is 3.93 Å². The van der Waals surface area contributed by atoms with E-state index in [0.717, 1.165) is 6.04 Å². The molecule has 0 saturated heterocycles. The summed E-state index contributed by atoms with van der Waals surface area (Å²) in [7, 11) is 0. The molecule has 0 spiro atoms. The van der Waals surface area contributed by atoms with Gasteiger partial charge in [-0.3, -0.25) is 0 Å². The van der Waals surface area contributed by atoms with Crippen molar-refractivity contribution in [1.82, 2.24) is 0 Å². The van der Waals surface area contributed by atoms with Crippen LogP contribution in [0.2, 0.25) is 6.04 Å². The second kappa shape index (κ2) is 3.70. The van der Waals surface area contributed by atoms with Gasteiger partial charge in [-0.25, -0.2) is 0 Å². The summed E-state index contributed by atoms with van der Waals surface area (Å²) in [5, 5.41) is 8.83. The highest BCUT2D eigenvalue weighted by Gasteiger charge is 2.23. The van der Waals surface area contributed by atoms with Crippen LogP contribution in [0.4, 0.5) is 0 Å². The maximum atomic E-state index is 8.83. The zero-order valence-corrected chi connectivity index (χ0v) is 10.1. The molecule has 0 aromatic rings. The van der Waals surface area contributed by atoms with E-state index in [4.69, 9.17) is 5.11 Å². The molecule has 1 nitrogen and oxygen atoms in total. The van der Waals surface area contributed by atoms with E-state index in [0.29, 0.717) is 0 Å². The number of halogens is 3. The summed E-state index contributed by atoms with van der Waals surface area (Å²) in [5.41, 5.74) is 0. The molecule has 8 heavy (non-hydrogen) atoms. The lowest BCUT2D eigenvalue weighted by atomic mass is 10.5. The minimum absolute atomic E-state index is 0.236. The molecule has 50 valence electrons. The first-order valence-electron chi connectivity index (χ1n) is 2.16. The standard InChI is InChI=1S/C3H7Br3OSi/c1-3(7)2-8(4,5)6/h3,7H,2H2,1H3. The molecule has 0 rings (SSSR count). The third kappa shape index (κ3) is 7.62. The van der Waals surface area contributed by atoms with Gasteiger partial charge < -0.3 is 5.11 Å². The summed E-state index contributed by atoms with van der Waals surface area (Å²) in [6.45, 7) is 1.77. The molecule has 0 bridgehead atoms. The Kier molecular flexibility index (Phi) is 4.45. The SMILES string of the molecule is CC(O)C[Si](Br)(Br)Br.